The molecule has 0 aliphatic rings. The number of amides is 2. The molecule has 0 aliphatic carbocycles. The van der Waals surface area contributed by atoms with E-state index in [0.717, 1.165) is 12.1 Å². The molecular weight excluding hydrogens is 334 g/mol. The molecule has 0 atom stereocenters. The molecule has 6 nitrogen and oxygen atoms in total. The number of carbonyl (C=O) groups excluding carboxylic acids is 2. The fourth-order valence-corrected chi connectivity index (χ4v) is 1.93. The molecule has 0 radical (unpaired) electrons. The molecule has 0 bridgehead atoms. The zero-order valence-corrected chi connectivity index (χ0v) is 13.3. The lowest BCUT2D eigenvalue weighted by Gasteiger charge is -2.09. The van der Waals surface area contributed by atoms with Gasteiger partial charge in [0, 0.05) is 30.1 Å². The highest BCUT2D eigenvalue weighted by molar-refractivity contribution is 6.04. The summed E-state index contributed by atoms with van der Waals surface area (Å²) in [6.45, 7) is 0.373. The Labute approximate surface area is 142 Å². The first kappa shape index (κ1) is 18.3. The molecule has 0 saturated carbocycles. The topological polar surface area (TPSA) is 76.7 Å². The molecule has 0 fully saturated rings. The van der Waals surface area contributed by atoms with Gasteiger partial charge in [-0.05, 0) is 30.3 Å². The van der Waals surface area contributed by atoms with Crippen molar-refractivity contribution in [2.24, 2.45) is 0 Å². The Bertz CT molecular complexity index is 748. The van der Waals surface area contributed by atoms with Crippen LogP contribution in [0, 0.1) is 11.6 Å². The third kappa shape index (κ3) is 5.85. The van der Waals surface area contributed by atoms with Crippen LogP contribution in [0.4, 0.5) is 25.0 Å². The number of nitrogens with one attached hydrogen (secondary N) is 2. The molecule has 0 aliphatic heterocycles. The average molecular weight is 350 g/mol. The lowest BCUT2D eigenvalue weighted by molar-refractivity contribution is 0.102. The quantitative estimate of drug-likeness (QED) is 0.783. The van der Waals surface area contributed by atoms with Crippen molar-refractivity contribution in [3.8, 4) is 0 Å². The highest BCUT2D eigenvalue weighted by atomic mass is 19.1. The summed E-state index contributed by atoms with van der Waals surface area (Å²) < 4.78 is 36.0. The predicted octanol–water partition coefficient (Wildman–Crippen LogP) is 3.41. The van der Waals surface area contributed by atoms with E-state index in [2.05, 4.69) is 10.6 Å². The van der Waals surface area contributed by atoms with Crippen molar-refractivity contribution in [2.45, 2.75) is 0 Å². The van der Waals surface area contributed by atoms with Crippen molar-refractivity contribution in [1.29, 1.82) is 0 Å². The third-order valence-corrected chi connectivity index (χ3v) is 3.01. The molecule has 2 aromatic rings. The van der Waals surface area contributed by atoms with Gasteiger partial charge in [-0.15, -0.1) is 0 Å². The fourth-order valence-electron chi connectivity index (χ4n) is 1.93. The lowest BCUT2D eigenvalue weighted by Crippen LogP contribution is -2.17. The second kappa shape index (κ2) is 8.74. The number of hydrogen-bond donors (Lipinski definition) is 2. The number of benzene rings is 2. The molecule has 25 heavy (non-hydrogen) atoms. The third-order valence-electron chi connectivity index (χ3n) is 3.01. The monoisotopic (exact) mass is 350 g/mol. The van der Waals surface area contributed by atoms with Gasteiger partial charge in [0.15, 0.2) is 0 Å². The standard InChI is InChI=1S/C17H16F2N2O4/c1-24-5-6-25-17(23)21-15-4-2-3-14(10-15)20-16(22)11-7-12(18)9-13(19)8-11/h2-4,7-10H,5-6H2,1H3,(H,20,22)(H,21,23). The molecule has 2 amide bonds. The number of hydrogen-bond acceptors (Lipinski definition) is 4. The summed E-state index contributed by atoms with van der Waals surface area (Å²) in [6, 6.07) is 8.75. The van der Waals surface area contributed by atoms with Crippen LogP contribution >= 0.6 is 0 Å². The average Bonchev–Trinajstić information content (AvgIpc) is 2.54. The zero-order chi connectivity index (χ0) is 18.2. The first-order chi connectivity index (χ1) is 12.0. The first-order valence-corrected chi connectivity index (χ1v) is 7.28. The Kier molecular flexibility index (Phi) is 6.41. The van der Waals surface area contributed by atoms with Gasteiger partial charge in [0.2, 0.25) is 0 Å². The van der Waals surface area contributed by atoms with Crippen molar-refractivity contribution in [3.63, 3.8) is 0 Å². The van der Waals surface area contributed by atoms with Gasteiger partial charge in [0.1, 0.15) is 18.2 Å². The van der Waals surface area contributed by atoms with E-state index in [4.69, 9.17) is 9.47 Å². The van der Waals surface area contributed by atoms with Gasteiger partial charge in [-0.2, -0.15) is 0 Å². The molecule has 2 aromatic carbocycles. The van der Waals surface area contributed by atoms with Crippen LogP contribution in [0.15, 0.2) is 42.5 Å². The molecule has 0 heterocycles. The van der Waals surface area contributed by atoms with Crippen molar-refractivity contribution in [2.75, 3.05) is 31.0 Å². The second-order valence-corrected chi connectivity index (χ2v) is 4.95. The molecule has 0 unspecified atom stereocenters. The zero-order valence-electron chi connectivity index (χ0n) is 13.3. The number of carbonyl (C=O) groups is 2. The number of ether oxygens (including phenoxy) is 2. The van der Waals surface area contributed by atoms with Gasteiger partial charge < -0.3 is 14.8 Å². The van der Waals surface area contributed by atoms with Gasteiger partial charge in [-0.1, -0.05) is 6.07 Å². The maximum absolute atomic E-state index is 13.2. The molecule has 2 rings (SSSR count). The molecule has 0 aromatic heterocycles. The molecule has 0 spiro atoms. The summed E-state index contributed by atoms with van der Waals surface area (Å²) in [5, 5.41) is 4.98. The smallest absolute Gasteiger partial charge is 0.411 e. The van der Waals surface area contributed by atoms with Crippen LogP contribution in [0.25, 0.3) is 0 Å². The molecule has 2 N–H and O–H groups in total. The Morgan fingerprint density at radius 3 is 2.24 bits per heavy atom. The maximum atomic E-state index is 13.2. The van der Waals surface area contributed by atoms with E-state index in [1.54, 1.807) is 18.2 Å². The highest BCUT2D eigenvalue weighted by Gasteiger charge is 2.10. The first-order valence-electron chi connectivity index (χ1n) is 7.28. The van der Waals surface area contributed by atoms with Crippen molar-refractivity contribution in [3.05, 3.63) is 59.7 Å². The van der Waals surface area contributed by atoms with E-state index in [9.17, 15) is 18.4 Å². The molecule has 8 heteroatoms. The number of anilines is 2. The Balaban J connectivity index is 2.01. The van der Waals surface area contributed by atoms with Crippen LogP contribution < -0.4 is 10.6 Å². The van der Waals surface area contributed by atoms with Gasteiger partial charge >= 0.3 is 6.09 Å². The minimum atomic E-state index is -0.848. The van der Waals surface area contributed by atoms with Crippen LogP contribution in [-0.4, -0.2) is 32.3 Å². The van der Waals surface area contributed by atoms with Crippen LogP contribution in [0.1, 0.15) is 10.4 Å². The Hall–Kier alpha value is -3.00. The Morgan fingerprint density at radius 1 is 0.960 bits per heavy atom. The fraction of sp³-hybridized carbons (Fsp3) is 0.176. The lowest BCUT2D eigenvalue weighted by atomic mass is 10.2. The Morgan fingerprint density at radius 2 is 1.60 bits per heavy atom. The van der Waals surface area contributed by atoms with Gasteiger partial charge in [0.05, 0.1) is 6.61 Å². The summed E-state index contributed by atoms with van der Waals surface area (Å²) in [4.78, 5) is 23.6. The number of methoxy groups -OCH3 is 1. The van der Waals surface area contributed by atoms with Crippen molar-refractivity contribution >= 4 is 23.4 Å². The SMILES string of the molecule is COCCOC(=O)Nc1cccc(NC(=O)c2cc(F)cc(F)c2)c1. The van der Waals surface area contributed by atoms with E-state index < -0.39 is 23.6 Å². The van der Waals surface area contributed by atoms with Crippen LogP contribution in [0.2, 0.25) is 0 Å². The number of rotatable bonds is 6. The molecule has 132 valence electrons. The van der Waals surface area contributed by atoms with E-state index in [1.807, 2.05) is 0 Å². The van der Waals surface area contributed by atoms with Gasteiger partial charge in [-0.25, -0.2) is 13.6 Å². The number of halogens is 2. The summed E-state index contributed by atoms with van der Waals surface area (Å²) >= 11 is 0. The minimum absolute atomic E-state index is 0.101. The maximum Gasteiger partial charge on any atom is 0.411 e. The highest BCUT2D eigenvalue weighted by Crippen LogP contribution is 2.17. The summed E-state index contributed by atoms with van der Waals surface area (Å²) in [5.41, 5.74) is 0.560. The van der Waals surface area contributed by atoms with Crippen LogP contribution in [-0.2, 0) is 9.47 Å². The predicted molar refractivity (Wildman–Crippen MR) is 87.6 cm³/mol. The van der Waals surface area contributed by atoms with E-state index in [-0.39, 0.29) is 18.8 Å². The molecule has 0 saturated heterocycles. The van der Waals surface area contributed by atoms with Gasteiger partial charge in [-0.3, -0.25) is 10.1 Å². The van der Waals surface area contributed by atoms with E-state index >= 15 is 0 Å². The van der Waals surface area contributed by atoms with Gasteiger partial charge in [0.25, 0.3) is 5.91 Å². The minimum Gasteiger partial charge on any atom is -0.447 e. The van der Waals surface area contributed by atoms with E-state index in [0.29, 0.717) is 17.4 Å². The summed E-state index contributed by atoms with van der Waals surface area (Å²) in [7, 11) is 1.48. The normalized spacial score (nSPS) is 10.2. The van der Waals surface area contributed by atoms with Crippen molar-refractivity contribution in [1.82, 2.24) is 0 Å². The molecular formula is C17H16F2N2O4. The second-order valence-electron chi connectivity index (χ2n) is 4.95. The van der Waals surface area contributed by atoms with Crippen LogP contribution in [0.3, 0.4) is 0 Å². The summed E-state index contributed by atoms with van der Waals surface area (Å²) in [5.74, 6) is -2.38. The van der Waals surface area contributed by atoms with Crippen LogP contribution in [0.5, 0.6) is 0 Å². The largest absolute Gasteiger partial charge is 0.447 e. The van der Waals surface area contributed by atoms with E-state index in [1.165, 1.54) is 13.2 Å². The van der Waals surface area contributed by atoms with Crippen molar-refractivity contribution < 1.29 is 27.8 Å². The summed E-state index contributed by atoms with van der Waals surface area (Å²) in [6.07, 6.45) is -0.673.